The number of piperazine rings is 1. The number of carbonyl (C=O) groups excluding carboxylic acids is 2. The zero-order valence-corrected chi connectivity index (χ0v) is 14.2. The molecule has 2 heterocycles. The smallest absolute Gasteiger partial charge is 0.245 e. The van der Waals surface area contributed by atoms with Gasteiger partial charge in [0.1, 0.15) is 6.04 Å². The molecule has 2 amide bonds. The average molecular weight is 351 g/mol. The topological polar surface area (TPSA) is 86.8 Å². The van der Waals surface area contributed by atoms with Crippen molar-refractivity contribution in [2.75, 3.05) is 26.2 Å². The molecule has 8 heteroatoms. The van der Waals surface area contributed by atoms with Crippen molar-refractivity contribution in [3.8, 4) is 0 Å². The Labute approximate surface area is 141 Å². The average Bonchev–Trinajstić information content (AvgIpc) is 3.01. The number of nitrogens with one attached hydrogen (secondary N) is 1. The van der Waals surface area contributed by atoms with E-state index in [1.54, 1.807) is 17.0 Å². The molecule has 0 radical (unpaired) electrons. The van der Waals surface area contributed by atoms with Crippen molar-refractivity contribution in [2.24, 2.45) is 0 Å². The molecule has 1 N–H and O–H groups in total. The van der Waals surface area contributed by atoms with Crippen molar-refractivity contribution in [2.45, 2.75) is 24.6 Å². The largest absolute Gasteiger partial charge is 0.344 e. The monoisotopic (exact) mass is 351 g/mol. The van der Waals surface area contributed by atoms with Crippen LogP contribution in [-0.2, 0) is 25.4 Å². The Bertz CT molecular complexity index is 712. The first-order valence-electron chi connectivity index (χ1n) is 8.05. The van der Waals surface area contributed by atoms with Gasteiger partial charge >= 0.3 is 0 Å². The van der Waals surface area contributed by atoms with Crippen LogP contribution in [-0.4, -0.2) is 61.7 Å². The van der Waals surface area contributed by atoms with Crippen molar-refractivity contribution in [1.82, 2.24) is 14.5 Å². The van der Waals surface area contributed by atoms with E-state index in [0.29, 0.717) is 39.0 Å². The number of hydrogen-bond donors (Lipinski definition) is 1. The third-order valence-electron chi connectivity index (χ3n) is 4.43. The van der Waals surface area contributed by atoms with Gasteiger partial charge in [0.25, 0.3) is 0 Å². The highest BCUT2D eigenvalue weighted by Crippen LogP contribution is 2.16. The van der Waals surface area contributed by atoms with Gasteiger partial charge in [-0.15, -0.1) is 0 Å². The number of benzene rings is 1. The molecule has 2 aliphatic rings. The van der Waals surface area contributed by atoms with Gasteiger partial charge in [-0.3, -0.25) is 9.59 Å². The minimum Gasteiger partial charge on any atom is -0.344 e. The molecule has 2 fully saturated rings. The lowest BCUT2D eigenvalue weighted by atomic mass is 10.2. The summed E-state index contributed by atoms with van der Waals surface area (Å²) in [6.07, 6.45) is 0.895. The predicted molar refractivity (Wildman–Crippen MR) is 88.4 cm³/mol. The van der Waals surface area contributed by atoms with Crippen LogP contribution < -0.4 is 5.32 Å². The molecule has 24 heavy (non-hydrogen) atoms. The van der Waals surface area contributed by atoms with Gasteiger partial charge in [0.2, 0.25) is 21.8 Å². The van der Waals surface area contributed by atoms with Crippen molar-refractivity contribution in [1.29, 1.82) is 0 Å². The second-order valence-electron chi connectivity index (χ2n) is 6.12. The number of carbonyl (C=O) groups is 2. The van der Waals surface area contributed by atoms with Crippen LogP contribution in [0.5, 0.6) is 0 Å². The van der Waals surface area contributed by atoms with E-state index >= 15 is 0 Å². The fourth-order valence-electron chi connectivity index (χ4n) is 3.08. The molecule has 1 aromatic carbocycles. The standard InChI is InChI=1S/C16H21N3O4S/c20-15-7-6-14(17-15)16(21)18-8-10-19(11-9-18)24(22,23)12-13-4-2-1-3-5-13/h1-5,14H,6-12H2,(H,17,20)/t14-/m0/s1. The summed E-state index contributed by atoms with van der Waals surface area (Å²) in [5, 5.41) is 2.66. The summed E-state index contributed by atoms with van der Waals surface area (Å²) in [5.41, 5.74) is 0.754. The number of rotatable bonds is 4. The van der Waals surface area contributed by atoms with Gasteiger partial charge in [0, 0.05) is 32.6 Å². The van der Waals surface area contributed by atoms with Crippen LogP contribution in [0, 0.1) is 0 Å². The van der Waals surface area contributed by atoms with Gasteiger partial charge in [-0.2, -0.15) is 4.31 Å². The fraction of sp³-hybridized carbons (Fsp3) is 0.500. The Morgan fingerprint density at radius 3 is 2.38 bits per heavy atom. The summed E-state index contributed by atoms with van der Waals surface area (Å²) in [7, 11) is -3.39. The minimum absolute atomic E-state index is 0.0273. The van der Waals surface area contributed by atoms with Crippen LogP contribution in [0.25, 0.3) is 0 Å². The fourth-order valence-corrected chi connectivity index (χ4v) is 4.60. The van der Waals surface area contributed by atoms with Crippen LogP contribution in [0.4, 0.5) is 0 Å². The van der Waals surface area contributed by atoms with Crippen LogP contribution >= 0.6 is 0 Å². The molecule has 2 saturated heterocycles. The maximum atomic E-state index is 12.5. The summed E-state index contributed by atoms with van der Waals surface area (Å²) in [6, 6.07) is 8.61. The molecular weight excluding hydrogens is 330 g/mol. The van der Waals surface area contributed by atoms with Crippen LogP contribution in [0.15, 0.2) is 30.3 Å². The lowest BCUT2D eigenvalue weighted by Crippen LogP contribution is -2.54. The SMILES string of the molecule is O=C1CC[C@@H](C(=O)N2CCN(S(=O)(=O)Cc3ccccc3)CC2)N1. The Kier molecular flexibility index (Phi) is 4.86. The van der Waals surface area contributed by atoms with Gasteiger partial charge in [-0.25, -0.2) is 8.42 Å². The molecule has 130 valence electrons. The highest BCUT2D eigenvalue weighted by molar-refractivity contribution is 7.88. The van der Waals surface area contributed by atoms with Crippen LogP contribution in [0.1, 0.15) is 18.4 Å². The van der Waals surface area contributed by atoms with E-state index in [1.165, 1.54) is 4.31 Å². The third kappa shape index (κ3) is 3.76. The van der Waals surface area contributed by atoms with E-state index in [4.69, 9.17) is 0 Å². The number of nitrogens with zero attached hydrogens (tertiary/aromatic N) is 2. The molecule has 0 bridgehead atoms. The minimum atomic E-state index is -3.39. The lowest BCUT2D eigenvalue weighted by molar-refractivity contribution is -0.135. The Hall–Kier alpha value is -1.93. The number of hydrogen-bond acceptors (Lipinski definition) is 4. The zero-order chi connectivity index (χ0) is 17.2. The first-order chi connectivity index (χ1) is 11.5. The molecule has 1 aromatic rings. The Morgan fingerprint density at radius 1 is 1.12 bits per heavy atom. The van der Waals surface area contributed by atoms with E-state index in [0.717, 1.165) is 5.56 Å². The quantitative estimate of drug-likeness (QED) is 0.823. The van der Waals surface area contributed by atoms with E-state index in [1.807, 2.05) is 18.2 Å². The lowest BCUT2D eigenvalue weighted by Gasteiger charge is -2.35. The molecule has 7 nitrogen and oxygen atoms in total. The first kappa shape index (κ1) is 16.9. The zero-order valence-electron chi connectivity index (χ0n) is 13.3. The molecule has 3 rings (SSSR count). The Balaban J connectivity index is 1.56. The summed E-state index contributed by atoms with van der Waals surface area (Å²) >= 11 is 0. The van der Waals surface area contributed by atoms with Gasteiger partial charge in [0.15, 0.2) is 0 Å². The summed E-state index contributed by atoms with van der Waals surface area (Å²) in [4.78, 5) is 25.2. The van der Waals surface area contributed by atoms with Gasteiger partial charge in [-0.05, 0) is 12.0 Å². The molecule has 0 aliphatic carbocycles. The molecule has 2 aliphatic heterocycles. The highest BCUT2D eigenvalue weighted by Gasteiger charge is 2.34. The molecule has 0 spiro atoms. The summed E-state index contributed by atoms with van der Waals surface area (Å²) in [6.45, 7) is 1.31. The van der Waals surface area contributed by atoms with Crippen LogP contribution in [0.2, 0.25) is 0 Å². The van der Waals surface area contributed by atoms with E-state index in [9.17, 15) is 18.0 Å². The maximum Gasteiger partial charge on any atom is 0.245 e. The maximum absolute atomic E-state index is 12.5. The summed E-state index contributed by atoms with van der Waals surface area (Å²) < 4.78 is 26.4. The Morgan fingerprint density at radius 2 is 1.79 bits per heavy atom. The van der Waals surface area contributed by atoms with E-state index in [-0.39, 0.29) is 17.6 Å². The number of sulfonamides is 1. The molecular formula is C16H21N3O4S. The van der Waals surface area contributed by atoms with Crippen molar-refractivity contribution < 1.29 is 18.0 Å². The van der Waals surface area contributed by atoms with Crippen molar-refractivity contribution in [3.05, 3.63) is 35.9 Å². The van der Waals surface area contributed by atoms with Crippen molar-refractivity contribution in [3.63, 3.8) is 0 Å². The highest BCUT2D eigenvalue weighted by atomic mass is 32.2. The van der Waals surface area contributed by atoms with Gasteiger partial charge in [-0.1, -0.05) is 30.3 Å². The van der Waals surface area contributed by atoms with Crippen molar-refractivity contribution >= 4 is 21.8 Å². The molecule has 0 saturated carbocycles. The molecule has 0 unspecified atom stereocenters. The summed E-state index contributed by atoms with van der Waals surface area (Å²) in [5.74, 6) is -0.237. The van der Waals surface area contributed by atoms with E-state index < -0.39 is 16.1 Å². The van der Waals surface area contributed by atoms with Gasteiger partial charge < -0.3 is 10.2 Å². The predicted octanol–water partition coefficient (Wildman–Crippen LogP) is -0.0608. The second kappa shape index (κ2) is 6.90. The van der Waals surface area contributed by atoms with Crippen LogP contribution in [0.3, 0.4) is 0 Å². The number of amides is 2. The molecule has 1 atom stereocenters. The normalized spacial score (nSPS) is 22.4. The first-order valence-corrected chi connectivity index (χ1v) is 9.66. The second-order valence-corrected chi connectivity index (χ2v) is 8.09. The van der Waals surface area contributed by atoms with Gasteiger partial charge in [0.05, 0.1) is 5.75 Å². The third-order valence-corrected chi connectivity index (χ3v) is 6.28. The van der Waals surface area contributed by atoms with E-state index in [2.05, 4.69) is 5.32 Å². The molecule has 0 aromatic heterocycles.